The third kappa shape index (κ3) is 4.91. The summed E-state index contributed by atoms with van der Waals surface area (Å²) in [5, 5.41) is 5.39. The Labute approximate surface area is 293 Å². The van der Waals surface area contributed by atoms with Crippen molar-refractivity contribution in [2.45, 2.75) is 73.1 Å². The molecule has 0 aliphatic heterocycles. The molecule has 0 amide bonds. The summed E-state index contributed by atoms with van der Waals surface area (Å²) in [4.78, 5) is 1.10. The lowest BCUT2D eigenvalue weighted by Crippen LogP contribution is -2.32. The van der Waals surface area contributed by atoms with E-state index in [0.717, 1.165) is 17.7 Å². The lowest BCUT2D eigenvalue weighted by Gasteiger charge is -2.25. The van der Waals surface area contributed by atoms with E-state index in [-0.39, 0.29) is 0 Å². The molecular formula is C46H45BS. The van der Waals surface area contributed by atoms with E-state index in [1.807, 2.05) is 0 Å². The Kier molecular flexibility index (Phi) is 8.29. The van der Waals surface area contributed by atoms with Gasteiger partial charge in [0.15, 0.2) is 0 Å². The predicted octanol–water partition coefficient (Wildman–Crippen LogP) is 9.88. The molecule has 0 fully saturated rings. The Morgan fingerprint density at radius 2 is 1.00 bits per heavy atom. The van der Waals surface area contributed by atoms with Gasteiger partial charge in [-0.2, -0.15) is 0 Å². The van der Waals surface area contributed by atoms with E-state index >= 15 is 0 Å². The Hall–Kier alpha value is -4.27. The zero-order chi connectivity index (χ0) is 34.0. The molecule has 0 spiro atoms. The first kappa shape index (κ1) is 32.3. The number of thiol groups is 1. The van der Waals surface area contributed by atoms with Gasteiger partial charge in [0.05, 0.1) is 0 Å². The van der Waals surface area contributed by atoms with Crippen LogP contribution in [0.1, 0.15) is 57.3 Å². The molecule has 7 rings (SSSR count). The van der Waals surface area contributed by atoms with Crippen LogP contribution in [0.25, 0.3) is 67.4 Å². The van der Waals surface area contributed by atoms with Crippen LogP contribution in [0.4, 0.5) is 0 Å². The summed E-state index contributed by atoms with van der Waals surface area (Å²) in [5.41, 5.74) is 22.7. The van der Waals surface area contributed by atoms with Gasteiger partial charge in [0.2, 0.25) is 0 Å². The maximum Gasteiger partial charge on any atom is 0.140 e. The molecule has 0 atom stereocenters. The molecule has 0 heterocycles. The van der Waals surface area contributed by atoms with E-state index in [4.69, 9.17) is 12.6 Å². The van der Waals surface area contributed by atoms with Crippen molar-refractivity contribution in [1.82, 2.24) is 0 Å². The number of hydrogen-bond donors (Lipinski definition) is 1. The molecule has 0 radical (unpaired) electrons. The SMILES string of the molecule is Bc1c(C)c(S)c(C)c(C)c1-c1ccc2c(-c3ccccc3-c3ccccc3)c3c(c(-c4c(C)c(C)c(C)c(C)c4C)c2c1)=CCCC=3. The molecule has 1 aliphatic carbocycles. The first-order valence-electron chi connectivity index (χ1n) is 17.3. The van der Waals surface area contributed by atoms with Crippen molar-refractivity contribution < 1.29 is 0 Å². The van der Waals surface area contributed by atoms with Gasteiger partial charge in [-0.1, -0.05) is 84.3 Å². The van der Waals surface area contributed by atoms with E-state index in [2.05, 4.69) is 148 Å². The molecule has 1 aliphatic rings. The van der Waals surface area contributed by atoms with Gasteiger partial charge in [-0.25, -0.2) is 0 Å². The minimum atomic E-state index is 1.05. The maximum absolute atomic E-state index is 4.92. The van der Waals surface area contributed by atoms with E-state index < -0.39 is 0 Å². The van der Waals surface area contributed by atoms with Gasteiger partial charge in [-0.05, 0) is 185 Å². The van der Waals surface area contributed by atoms with Crippen LogP contribution in [-0.2, 0) is 0 Å². The average molecular weight is 641 g/mol. The minimum absolute atomic E-state index is 1.05. The van der Waals surface area contributed by atoms with E-state index in [1.165, 1.54) is 116 Å². The molecule has 0 saturated heterocycles. The van der Waals surface area contributed by atoms with Crippen molar-refractivity contribution in [3.63, 3.8) is 0 Å². The lowest BCUT2D eigenvalue weighted by molar-refractivity contribution is 1.12. The monoisotopic (exact) mass is 640 g/mol. The second-order valence-corrected chi connectivity index (χ2v) is 14.4. The smallest absolute Gasteiger partial charge is 0.140 e. The van der Waals surface area contributed by atoms with Crippen molar-refractivity contribution in [2.75, 3.05) is 0 Å². The van der Waals surface area contributed by atoms with Gasteiger partial charge >= 0.3 is 0 Å². The highest BCUT2D eigenvalue weighted by Crippen LogP contribution is 2.42. The summed E-state index contributed by atoms with van der Waals surface area (Å²) in [5.74, 6) is 0. The molecule has 6 aromatic carbocycles. The van der Waals surface area contributed by atoms with Crippen LogP contribution in [0, 0.1) is 55.4 Å². The molecule has 0 N–H and O–H groups in total. The molecule has 0 unspecified atom stereocenters. The van der Waals surface area contributed by atoms with Crippen LogP contribution < -0.4 is 15.9 Å². The van der Waals surface area contributed by atoms with E-state index in [1.54, 1.807) is 0 Å². The zero-order valence-corrected chi connectivity index (χ0v) is 30.8. The van der Waals surface area contributed by atoms with Crippen molar-refractivity contribution >= 4 is 48.9 Å². The molecular weight excluding hydrogens is 595 g/mol. The second-order valence-electron chi connectivity index (χ2n) is 14.0. The van der Waals surface area contributed by atoms with Crippen LogP contribution in [0.3, 0.4) is 0 Å². The van der Waals surface area contributed by atoms with E-state index in [9.17, 15) is 0 Å². The second kappa shape index (κ2) is 12.3. The molecule has 6 aromatic rings. The Bertz CT molecular complexity index is 2370. The predicted molar refractivity (Wildman–Crippen MR) is 216 cm³/mol. The summed E-state index contributed by atoms with van der Waals surface area (Å²) < 4.78 is 0. The summed E-state index contributed by atoms with van der Waals surface area (Å²) in [7, 11) is 2.26. The Balaban J connectivity index is 1.71. The van der Waals surface area contributed by atoms with Gasteiger partial charge in [0.25, 0.3) is 0 Å². The summed E-state index contributed by atoms with van der Waals surface area (Å²) in [6, 6.07) is 27.2. The topological polar surface area (TPSA) is 0 Å². The van der Waals surface area contributed by atoms with Crippen LogP contribution in [0.5, 0.6) is 0 Å². The fraction of sp³-hybridized carbons (Fsp3) is 0.217. The number of hydrogen-bond acceptors (Lipinski definition) is 1. The van der Waals surface area contributed by atoms with Crippen molar-refractivity contribution in [3.8, 4) is 44.5 Å². The molecule has 0 saturated carbocycles. The molecule has 0 nitrogen and oxygen atoms in total. The van der Waals surface area contributed by atoms with Gasteiger partial charge in [0.1, 0.15) is 7.85 Å². The van der Waals surface area contributed by atoms with Crippen LogP contribution in [0.2, 0.25) is 0 Å². The summed E-state index contributed by atoms with van der Waals surface area (Å²) >= 11 is 4.92. The third-order valence-electron chi connectivity index (χ3n) is 11.7. The van der Waals surface area contributed by atoms with Crippen LogP contribution >= 0.6 is 12.6 Å². The zero-order valence-electron chi connectivity index (χ0n) is 29.9. The largest absolute Gasteiger partial charge is 0.143 e. The van der Waals surface area contributed by atoms with Gasteiger partial charge in [-0.3, -0.25) is 0 Å². The molecule has 0 bridgehead atoms. The highest BCUT2D eigenvalue weighted by molar-refractivity contribution is 7.80. The molecule has 48 heavy (non-hydrogen) atoms. The van der Waals surface area contributed by atoms with Crippen LogP contribution in [-0.4, -0.2) is 7.85 Å². The van der Waals surface area contributed by atoms with Crippen molar-refractivity contribution in [1.29, 1.82) is 0 Å². The lowest BCUT2D eigenvalue weighted by atomic mass is 9.77. The summed E-state index contributed by atoms with van der Waals surface area (Å²) in [6.07, 6.45) is 7.13. The van der Waals surface area contributed by atoms with Crippen LogP contribution in [0.15, 0.2) is 77.7 Å². The fourth-order valence-corrected chi connectivity index (χ4v) is 8.63. The van der Waals surface area contributed by atoms with Crippen molar-refractivity contribution in [3.05, 3.63) is 128 Å². The molecule has 2 heteroatoms. The van der Waals surface area contributed by atoms with E-state index in [0.29, 0.717) is 0 Å². The highest BCUT2D eigenvalue weighted by Gasteiger charge is 2.23. The Morgan fingerprint density at radius 1 is 0.458 bits per heavy atom. The number of benzene rings is 6. The van der Waals surface area contributed by atoms with Gasteiger partial charge < -0.3 is 0 Å². The minimum Gasteiger partial charge on any atom is -0.143 e. The van der Waals surface area contributed by atoms with Gasteiger partial charge in [0, 0.05) is 4.90 Å². The first-order chi connectivity index (χ1) is 23.0. The average Bonchev–Trinajstić information content (AvgIpc) is 3.11. The summed E-state index contributed by atoms with van der Waals surface area (Å²) in [6.45, 7) is 18.3. The van der Waals surface area contributed by atoms with Gasteiger partial charge in [-0.15, -0.1) is 12.6 Å². The quantitative estimate of drug-likeness (QED) is 0.144. The normalized spacial score (nSPS) is 12.5. The Morgan fingerprint density at radius 3 is 1.65 bits per heavy atom. The number of fused-ring (bicyclic) bond motifs is 2. The van der Waals surface area contributed by atoms with Crippen molar-refractivity contribution in [2.24, 2.45) is 0 Å². The number of rotatable bonds is 4. The maximum atomic E-state index is 4.92. The standard InChI is InChI=1S/C46H45BS/c1-25-26(2)28(4)41(29(5)27(25)3)44-38-21-15-14-20-37(38)43(36-19-13-12-18-35(36)33-16-10-9-11-17-33)39-23-22-34(24-40(39)44)42-30(6)31(7)46(48)32(8)45(42)47/h9-13,16-24,48H,14-15,47H2,1-8H3. The highest BCUT2D eigenvalue weighted by atomic mass is 32.1. The first-order valence-corrected chi connectivity index (χ1v) is 17.8. The molecule has 238 valence electrons. The molecule has 0 aromatic heterocycles. The third-order valence-corrected chi connectivity index (χ3v) is 12.3. The fourth-order valence-electron chi connectivity index (χ4n) is 8.29.